The summed E-state index contributed by atoms with van der Waals surface area (Å²) >= 11 is 0. The molecular weight excluding hydrogens is 174 g/mol. The van der Waals surface area contributed by atoms with Crippen LogP contribution in [0.3, 0.4) is 0 Å². The first-order valence-corrected chi connectivity index (χ1v) is 5.92. The van der Waals surface area contributed by atoms with Gasteiger partial charge in [-0.2, -0.15) is 0 Å². The highest BCUT2D eigenvalue weighted by molar-refractivity contribution is 4.99. The van der Waals surface area contributed by atoms with E-state index in [1.54, 1.807) is 0 Å². The third-order valence-corrected chi connectivity index (χ3v) is 4.29. The lowest BCUT2D eigenvalue weighted by atomic mass is 9.87. The van der Waals surface area contributed by atoms with Gasteiger partial charge in [-0.3, -0.25) is 0 Å². The molecule has 0 bridgehead atoms. The number of nitrogens with one attached hydrogen (secondary N) is 1. The summed E-state index contributed by atoms with van der Waals surface area (Å²) in [5.74, 6) is 0.841. The van der Waals surface area contributed by atoms with Gasteiger partial charge in [-0.1, -0.05) is 13.8 Å². The molecule has 2 aliphatic rings. The maximum absolute atomic E-state index is 5.27. The van der Waals surface area contributed by atoms with Crippen molar-refractivity contribution < 1.29 is 4.74 Å². The topological polar surface area (TPSA) is 21.3 Å². The van der Waals surface area contributed by atoms with Crippen molar-refractivity contribution in [3.63, 3.8) is 0 Å². The van der Waals surface area contributed by atoms with Crippen LogP contribution in [0.15, 0.2) is 0 Å². The van der Waals surface area contributed by atoms with Crippen LogP contribution in [0.2, 0.25) is 0 Å². The Labute approximate surface area is 87.4 Å². The zero-order valence-corrected chi connectivity index (χ0v) is 9.68. The molecule has 0 radical (unpaired) electrons. The van der Waals surface area contributed by atoms with Crippen LogP contribution in [0.4, 0.5) is 0 Å². The molecule has 14 heavy (non-hydrogen) atoms. The van der Waals surface area contributed by atoms with E-state index in [4.69, 9.17) is 4.74 Å². The molecule has 2 heteroatoms. The quantitative estimate of drug-likeness (QED) is 0.729. The first kappa shape index (κ1) is 10.4. The van der Waals surface area contributed by atoms with Gasteiger partial charge in [-0.25, -0.2) is 0 Å². The minimum atomic E-state index is 0.529. The monoisotopic (exact) mass is 197 g/mol. The predicted octanol–water partition coefficient (Wildman–Crippen LogP) is 2.19. The van der Waals surface area contributed by atoms with Gasteiger partial charge in [0.05, 0.1) is 6.10 Å². The Hall–Kier alpha value is -0.0800. The van der Waals surface area contributed by atoms with Crippen LogP contribution in [0.1, 0.15) is 39.5 Å². The van der Waals surface area contributed by atoms with Crippen LogP contribution < -0.4 is 5.32 Å². The number of methoxy groups -OCH3 is 1. The molecule has 0 saturated heterocycles. The van der Waals surface area contributed by atoms with Crippen LogP contribution in [-0.2, 0) is 4.74 Å². The first-order valence-electron chi connectivity index (χ1n) is 5.92. The van der Waals surface area contributed by atoms with Crippen LogP contribution in [0.5, 0.6) is 0 Å². The third-order valence-electron chi connectivity index (χ3n) is 4.29. The number of ether oxygens (including phenoxy) is 1. The predicted molar refractivity (Wildman–Crippen MR) is 58.3 cm³/mol. The van der Waals surface area contributed by atoms with E-state index in [1.165, 1.54) is 32.2 Å². The van der Waals surface area contributed by atoms with E-state index in [1.807, 2.05) is 7.11 Å². The molecule has 2 aliphatic carbocycles. The molecule has 1 N–H and O–H groups in total. The molecule has 0 unspecified atom stereocenters. The third kappa shape index (κ3) is 1.96. The van der Waals surface area contributed by atoms with E-state index >= 15 is 0 Å². The fourth-order valence-corrected chi connectivity index (χ4v) is 2.39. The van der Waals surface area contributed by atoms with Gasteiger partial charge in [0.25, 0.3) is 0 Å². The van der Waals surface area contributed by atoms with Crippen molar-refractivity contribution in [1.82, 2.24) is 5.32 Å². The van der Waals surface area contributed by atoms with E-state index in [-0.39, 0.29) is 0 Å². The van der Waals surface area contributed by atoms with Gasteiger partial charge in [-0.15, -0.1) is 0 Å². The summed E-state index contributed by atoms with van der Waals surface area (Å²) in [4.78, 5) is 0. The maximum Gasteiger partial charge on any atom is 0.0601 e. The SMILES string of the molecule is COC1CC(NCC2(C(C)C)CC2)C1. The normalized spacial score (nSPS) is 34.3. The largest absolute Gasteiger partial charge is 0.381 e. The second-order valence-electron chi connectivity index (χ2n) is 5.42. The van der Waals surface area contributed by atoms with E-state index in [0.717, 1.165) is 12.0 Å². The van der Waals surface area contributed by atoms with Gasteiger partial charge in [0, 0.05) is 19.7 Å². The summed E-state index contributed by atoms with van der Waals surface area (Å²) in [5.41, 5.74) is 0.651. The first-order chi connectivity index (χ1) is 6.66. The van der Waals surface area contributed by atoms with Gasteiger partial charge in [-0.05, 0) is 37.0 Å². The number of hydrogen-bond acceptors (Lipinski definition) is 2. The summed E-state index contributed by atoms with van der Waals surface area (Å²) < 4.78 is 5.27. The molecule has 0 aromatic heterocycles. The molecule has 0 atom stereocenters. The summed E-state index contributed by atoms with van der Waals surface area (Å²) in [6, 6.07) is 0.733. The highest BCUT2D eigenvalue weighted by Crippen LogP contribution is 2.51. The molecule has 0 aromatic rings. The maximum atomic E-state index is 5.27. The minimum Gasteiger partial charge on any atom is -0.381 e. The minimum absolute atomic E-state index is 0.529. The summed E-state index contributed by atoms with van der Waals surface area (Å²) in [5, 5.41) is 3.69. The van der Waals surface area contributed by atoms with Crippen LogP contribution in [-0.4, -0.2) is 25.8 Å². The second kappa shape index (κ2) is 3.82. The van der Waals surface area contributed by atoms with Crippen molar-refractivity contribution in [3.05, 3.63) is 0 Å². The molecule has 82 valence electrons. The molecule has 2 saturated carbocycles. The van der Waals surface area contributed by atoms with Gasteiger partial charge in [0.2, 0.25) is 0 Å². The molecular formula is C12H23NO. The summed E-state index contributed by atoms with van der Waals surface area (Å²) in [6.45, 7) is 5.94. The Morgan fingerprint density at radius 1 is 1.36 bits per heavy atom. The second-order valence-corrected chi connectivity index (χ2v) is 5.42. The molecule has 2 fully saturated rings. The van der Waals surface area contributed by atoms with Crippen molar-refractivity contribution in [3.8, 4) is 0 Å². The van der Waals surface area contributed by atoms with Gasteiger partial charge >= 0.3 is 0 Å². The van der Waals surface area contributed by atoms with Crippen molar-refractivity contribution >= 4 is 0 Å². The highest BCUT2D eigenvalue weighted by Gasteiger charge is 2.45. The van der Waals surface area contributed by atoms with Gasteiger partial charge in [0.1, 0.15) is 0 Å². The number of rotatable bonds is 5. The van der Waals surface area contributed by atoms with E-state index in [0.29, 0.717) is 11.5 Å². The molecule has 0 aliphatic heterocycles. The van der Waals surface area contributed by atoms with E-state index in [9.17, 15) is 0 Å². The Bertz CT molecular complexity index is 192. The Morgan fingerprint density at radius 2 is 2.00 bits per heavy atom. The Kier molecular flexibility index (Phi) is 2.85. The van der Waals surface area contributed by atoms with Crippen molar-refractivity contribution in [1.29, 1.82) is 0 Å². The van der Waals surface area contributed by atoms with Gasteiger partial charge < -0.3 is 10.1 Å². The molecule has 2 rings (SSSR count). The summed E-state index contributed by atoms with van der Waals surface area (Å²) in [7, 11) is 1.82. The lowest BCUT2D eigenvalue weighted by molar-refractivity contribution is 0.0154. The fourth-order valence-electron chi connectivity index (χ4n) is 2.39. The lowest BCUT2D eigenvalue weighted by Gasteiger charge is -2.36. The van der Waals surface area contributed by atoms with Crippen LogP contribution >= 0.6 is 0 Å². The van der Waals surface area contributed by atoms with Gasteiger partial charge in [0.15, 0.2) is 0 Å². The van der Waals surface area contributed by atoms with E-state index in [2.05, 4.69) is 19.2 Å². The smallest absolute Gasteiger partial charge is 0.0601 e. The average Bonchev–Trinajstić information content (AvgIpc) is 2.83. The highest BCUT2D eigenvalue weighted by atomic mass is 16.5. The van der Waals surface area contributed by atoms with Crippen molar-refractivity contribution in [2.45, 2.75) is 51.7 Å². The fraction of sp³-hybridized carbons (Fsp3) is 1.00. The zero-order valence-electron chi connectivity index (χ0n) is 9.68. The summed E-state index contributed by atoms with van der Waals surface area (Å²) in [6.07, 6.45) is 5.81. The zero-order chi connectivity index (χ0) is 10.2. The van der Waals surface area contributed by atoms with E-state index < -0.39 is 0 Å². The average molecular weight is 197 g/mol. The van der Waals surface area contributed by atoms with Crippen molar-refractivity contribution in [2.24, 2.45) is 11.3 Å². The molecule has 0 spiro atoms. The van der Waals surface area contributed by atoms with Crippen molar-refractivity contribution in [2.75, 3.05) is 13.7 Å². The lowest BCUT2D eigenvalue weighted by Crippen LogP contribution is -2.47. The number of hydrogen-bond donors (Lipinski definition) is 1. The van der Waals surface area contributed by atoms with Crippen LogP contribution in [0, 0.1) is 11.3 Å². The standard InChI is InChI=1S/C12H23NO/c1-9(2)12(4-5-12)8-13-10-6-11(7-10)14-3/h9-11,13H,4-8H2,1-3H3. The Balaban J connectivity index is 1.64. The molecule has 0 heterocycles. The Morgan fingerprint density at radius 3 is 2.43 bits per heavy atom. The molecule has 0 amide bonds. The molecule has 0 aromatic carbocycles. The van der Waals surface area contributed by atoms with Crippen LogP contribution in [0.25, 0.3) is 0 Å². The molecule has 2 nitrogen and oxygen atoms in total.